The number of fused-ring (bicyclic) bond motifs is 1. The highest BCUT2D eigenvalue weighted by Crippen LogP contribution is 2.39. The Morgan fingerprint density at radius 1 is 1.08 bits per heavy atom. The normalized spacial score (nSPS) is 18.5. The first-order valence-electron chi connectivity index (χ1n) is 11.6. The van der Waals surface area contributed by atoms with E-state index in [1.54, 1.807) is 20.2 Å². The van der Waals surface area contributed by atoms with Gasteiger partial charge in [0.05, 0.1) is 22.7 Å². The highest BCUT2D eigenvalue weighted by molar-refractivity contribution is 5.92. The third-order valence-corrected chi connectivity index (χ3v) is 6.63. The van der Waals surface area contributed by atoms with E-state index >= 15 is 0 Å². The molecule has 5 heterocycles. The fourth-order valence-corrected chi connectivity index (χ4v) is 4.60. The zero-order chi connectivity index (χ0) is 25.6. The van der Waals surface area contributed by atoms with Gasteiger partial charge >= 0.3 is 6.18 Å². The van der Waals surface area contributed by atoms with Crippen molar-refractivity contribution in [3.63, 3.8) is 0 Å². The van der Waals surface area contributed by atoms with Gasteiger partial charge in [0, 0.05) is 48.9 Å². The maximum atomic E-state index is 13.2. The number of aromatic nitrogens is 5. The maximum Gasteiger partial charge on any atom is 0.433 e. The molecule has 0 spiro atoms. The Morgan fingerprint density at radius 3 is 2.58 bits per heavy atom. The summed E-state index contributed by atoms with van der Waals surface area (Å²) < 4.78 is 46.7. The molecule has 0 amide bonds. The molecule has 1 aliphatic heterocycles. The Bertz CT molecular complexity index is 1500. The van der Waals surface area contributed by atoms with E-state index in [1.165, 1.54) is 10.6 Å². The van der Waals surface area contributed by atoms with E-state index in [4.69, 9.17) is 9.72 Å². The zero-order valence-corrected chi connectivity index (χ0v) is 20.0. The van der Waals surface area contributed by atoms with Crippen molar-refractivity contribution in [1.82, 2.24) is 24.5 Å². The number of hydrogen-bond acceptors (Lipinski definition) is 6. The van der Waals surface area contributed by atoms with Crippen molar-refractivity contribution in [2.45, 2.75) is 44.9 Å². The van der Waals surface area contributed by atoms with Gasteiger partial charge in [0.25, 0.3) is 5.56 Å². The van der Waals surface area contributed by atoms with Gasteiger partial charge in [-0.05, 0) is 62.6 Å². The summed E-state index contributed by atoms with van der Waals surface area (Å²) in [5, 5.41) is 0.252. The van der Waals surface area contributed by atoms with Crippen molar-refractivity contribution >= 4 is 10.9 Å². The topological polar surface area (TPSA) is 82.8 Å². The van der Waals surface area contributed by atoms with Crippen molar-refractivity contribution < 1.29 is 17.9 Å². The Balaban J connectivity index is 1.62. The molecule has 7 nitrogen and oxygen atoms in total. The average molecular weight is 496 g/mol. The molecule has 1 aliphatic rings. The van der Waals surface area contributed by atoms with Gasteiger partial charge in [-0.15, -0.1) is 0 Å². The standard InChI is InChI=1S/C26H24F3N5O2/c1-14-10-17(6-8-30-14)21-11-16(7-9-36-21)19-12-20-23(25(35)34(3)15(2)32-20)24(33-19)18-4-5-22(31-13-18)26(27,28)29/h4-6,8,10,12-13,16,21H,7,9,11H2,1-3H3/t16-,21-/m0/s1. The molecular weight excluding hydrogens is 471 g/mol. The van der Waals surface area contributed by atoms with Crippen LogP contribution in [0.25, 0.3) is 22.2 Å². The Morgan fingerprint density at radius 2 is 1.89 bits per heavy atom. The molecule has 0 unspecified atom stereocenters. The van der Waals surface area contributed by atoms with Crippen LogP contribution in [0, 0.1) is 13.8 Å². The van der Waals surface area contributed by atoms with Gasteiger partial charge in [0.15, 0.2) is 0 Å². The number of pyridine rings is 3. The number of halogens is 3. The monoisotopic (exact) mass is 495 g/mol. The fraction of sp³-hybridized carbons (Fsp3) is 0.346. The van der Waals surface area contributed by atoms with E-state index in [9.17, 15) is 18.0 Å². The first-order valence-corrected chi connectivity index (χ1v) is 11.6. The molecule has 0 aliphatic carbocycles. The van der Waals surface area contributed by atoms with E-state index in [1.807, 2.05) is 25.1 Å². The van der Waals surface area contributed by atoms with Crippen LogP contribution in [-0.4, -0.2) is 31.1 Å². The van der Waals surface area contributed by atoms with Crippen molar-refractivity contribution in [2.24, 2.45) is 7.05 Å². The van der Waals surface area contributed by atoms with Crippen molar-refractivity contribution in [3.05, 3.63) is 81.5 Å². The lowest BCUT2D eigenvalue weighted by Gasteiger charge is -2.30. The highest BCUT2D eigenvalue weighted by atomic mass is 19.4. The minimum Gasteiger partial charge on any atom is -0.373 e. The largest absolute Gasteiger partial charge is 0.433 e. The summed E-state index contributed by atoms with van der Waals surface area (Å²) in [5.41, 5.74) is 2.38. The van der Waals surface area contributed by atoms with Gasteiger partial charge in [-0.25, -0.2) is 4.98 Å². The predicted molar refractivity (Wildman–Crippen MR) is 127 cm³/mol. The number of rotatable bonds is 3. The zero-order valence-electron chi connectivity index (χ0n) is 20.0. The smallest absolute Gasteiger partial charge is 0.373 e. The quantitative estimate of drug-likeness (QED) is 0.395. The summed E-state index contributed by atoms with van der Waals surface area (Å²) in [6.07, 6.45) is -0.459. The molecule has 1 fully saturated rings. The van der Waals surface area contributed by atoms with Crippen molar-refractivity contribution in [1.29, 1.82) is 0 Å². The first kappa shape index (κ1) is 24.1. The lowest BCUT2D eigenvalue weighted by atomic mass is 9.88. The molecule has 4 aromatic rings. The van der Waals surface area contributed by atoms with Gasteiger partial charge < -0.3 is 4.74 Å². The van der Waals surface area contributed by atoms with Crippen LogP contribution < -0.4 is 5.56 Å². The van der Waals surface area contributed by atoms with Crippen LogP contribution in [-0.2, 0) is 18.0 Å². The lowest BCUT2D eigenvalue weighted by molar-refractivity contribution is -0.141. The maximum absolute atomic E-state index is 13.2. The molecule has 2 atom stereocenters. The minimum absolute atomic E-state index is 0.00828. The second-order valence-electron chi connectivity index (χ2n) is 9.05. The van der Waals surface area contributed by atoms with Gasteiger partial charge in [-0.1, -0.05) is 0 Å². The number of alkyl halides is 3. The molecule has 5 rings (SSSR count). The molecule has 4 aromatic heterocycles. The molecule has 1 saturated heterocycles. The summed E-state index contributed by atoms with van der Waals surface area (Å²) in [7, 11) is 1.60. The summed E-state index contributed by atoms with van der Waals surface area (Å²) in [6, 6.07) is 7.94. The minimum atomic E-state index is -4.56. The number of aryl methyl sites for hydroxylation is 2. The predicted octanol–water partition coefficient (Wildman–Crippen LogP) is 5.06. The molecule has 0 N–H and O–H groups in total. The third kappa shape index (κ3) is 4.48. The second-order valence-corrected chi connectivity index (χ2v) is 9.05. The summed E-state index contributed by atoms with van der Waals surface area (Å²) >= 11 is 0. The van der Waals surface area contributed by atoms with Crippen LogP contribution in [0.2, 0.25) is 0 Å². The van der Waals surface area contributed by atoms with Crippen LogP contribution >= 0.6 is 0 Å². The fourth-order valence-electron chi connectivity index (χ4n) is 4.60. The van der Waals surface area contributed by atoms with Crippen molar-refractivity contribution in [3.8, 4) is 11.3 Å². The van der Waals surface area contributed by atoms with Crippen LogP contribution in [0.3, 0.4) is 0 Å². The second kappa shape index (κ2) is 9.09. The Hall–Kier alpha value is -3.66. The van der Waals surface area contributed by atoms with Gasteiger partial charge in [-0.3, -0.25) is 24.3 Å². The molecule has 36 heavy (non-hydrogen) atoms. The molecule has 0 bridgehead atoms. The SMILES string of the molecule is Cc1cc([C@@H]2C[C@@H](c3cc4nc(C)n(C)c(=O)c4c(-c4ccc(C(F)(F)F)nc4)n3)CCO2)ccn1. The first-order chi connectivity index (χ1) is 17.1. The molecule has 186 valence electrons. The molecule has 0 saturated carbocycles. The van der Waals surface area contributed by atoms with Gasteiger partial charge in [-0.2, -0.15) is 13.2 Å². The molecule has 0 radical (unpaired) electrons. The van der Waals surface area contributed by atoms with Gasteiger partial charge in [0.1, 0.15) is 11.5 Å². The summed E-state index contributed by atoms with van der Waals surface area (Å²) in [5.74, 6) is 0.534. The van der Waals surface area contributed by atoms with Gasteiger partial charge in [0.2, 0.25) is 0 Å². The number of hydrogen-bond donors (Lipinski definition) is 0. The van der Waals surface area contributed by atoms with E-state index in [-0.39, 0.29) is 28.7 Å². The average Bonchev–Trinajstić information content (AvgIpc) is 2.86. The Kier molecular flexibility index (Phi) is 6.07. The van der Waals surface area contributed by atoms with E-state index < -0.39 is 11.9 Å². The van der Waals surface area contributed by atoms with Crippen LogP contribution in [0.5, 0.6) is 0 Å². The summed E-state index contributed by atoms with van der Waals surface area (Å²) in [6.45, 7) is 4.18. The van der Waals surface area contributed by atoms with Crippen LogP contribution in [0.4, 0.5) is 13.2 Å². The number of ether oxygens (including phenoxy) is 1. The highest BCUT2D eigenvalue weighted by Gasteiger charge is 2.32. The van der Waals surface area contributed by atoms with E-state index in [0.717, 1.165) is 29.2 Å². The van der Waals surface area contributed by atoms with E-state index in [2.05, 4.69) is 15.0 Å². The Labute approximate surface area is 205 Å². The van der Waals surface area contributed by atoms with E-state index in [0.29, 0.717) is 36.4 Å². The lowest BCUT2D eigenvalue weighted by Crippen LogP contribution is -2.23. The van der Waals surface area contributed by atoms with Crippen LogP contribution in [0.15, 0.2) is 47.5 Å². The molecule has 0 aromatic carbocycles. The third-order valence-electron chi connectivity index (χ3n) is 6.63. The van der Waals surface area contributed by atoms with Crippen LogP contribution in [0.1, 0.15) is 53.3 Å². The summed E-state index contributed by atoms with van der Waals surface area (Å²) in [4.78, 5) is 30.4. The molecule has 10 heteroatoms. The molecular formula is C26H24F3N5O2. The van der Waals surface area contributed by atoms with Crippen molar-refractivity contribution in [2.75, 3.05) is 6.61 Å². The number of nitrogens with zero attached hydrogens (tertiary/aromatic N) is 5.